The van der Waals surface area contributed by atoms with Crippen molar-refractivity contribution >= 4 is 23.2 Å². The van der Waals surface area contributed by atoms with Crippen LogP contribution in [0.15, 0.2) is 30.9 Å². The summed E-state index contributed by atoms with van der Waals surface area (Å²) in [6.45, 7) is 5.78. The van der Waals surface area contributed by atoms with Gasteiger partial charge in [0, 0.05) is 28.5 Å². The smallest absolute Gasteiger partial charge is 0.137 e. The Kier molecular flexibility index (Phi) is 5.40. The molecule has 0 amide bonds. The van der Waals surface area contributed by atoms with Gasteiger partial charge in [0.1, 0.15) is 12.7 Å². The molecule has 1 N–H and O–H groups in total. The zero-order valence-corrected chi connectivity index (χ0v) is 13.1. The Morgan fingerprint density at radius 3 is 2.70 bits per heavy atom. The highest BCUT2D eigenvalue weighted by Crippen LogP contribution is 2.28. The molecule has 20 heavy (non-hydrogen) atoms. The van der Waals surface area contributed by atoms with Crippen LogP contribution in [-0.4, -0.2) is 27.4 Å². The normalized spacial score (nSPS) is 12.8. The van der Waals surface area contributed by atoms with E-state index in [0.717, 1.165) is 18.7 Å². The molecule has 6 heteroatoms. The molecule has 2 aromatic rings. The molecule has 108 valence electrons. The number of benzene rings is 1. The van der Waals surface area contributed by atoms with Gasteiger partial charge >= 0.3 is 0 Å². The average Bonchev–Trinajstić information content (AvgIpc) is 2.87. The van der Waals surface area contributed by atoms with Crippen molar-refractivity contribution in [2.24, 2.45) is 0 Å². The fourth-order valence-electron chi connectivity index (χ4n) is 2.04. The largest absolute Gasteiger partial charge is 0.314 e. The molecule has 1 aromatic carbocycles. The van der Waals surface area contributed by atoms with Crippen LogP contribution in [0.2, 0.25) is 10.0 Å². The van der Waals surface area contributed by atoms with Crippen molar-refractivity contribution in [2.45, 2.75) is 32.4 Å². The zero-order chi connectivity index (χ0) is 14.5. The highest BCUT2D eigenvalue weighted by molar-refractivity contribution is 6.35. The molecule has 0 aliphatic carbocycles. The SMILES string of the molecule is CC(C)NCC(Cn1cncn1)c1ccc(Cl)cc1Cl. The van der Waals surface area contributed by atoms with Crippen molar-refractivity contribution in [3.8, 4) is 0 Å². The van der Waals surface area contributed by atoms with E-state index in [0.29, 0.717) is 16.1 Å². The van der Waals surface area contributed by atoms with Crippen LogP contribution >= 0.6 is 23.2 Å². The second-order valence-electron chi connectivity index (χ2n) is 5.04. The number of rotatable bonds is 6. The fraction of sp³-hybridized carbons (Fsp3) is 0.429. The number of aromatic nitrogens is 3. The van der Waals surface area contributed by atoms with Gasteiger partial charge in [0.2, 0.25) is 0 Å². The summed E-state index contributed by atoms with van der Waals surface area (Å²) in [4.78, 5) is 3.98. The molecule has 0 saturated carbocycles. The van der Waals surface area contributed by atoms with Crippen LogP contribution in [0.1, 0.15) is 25.3 Å². The molecule has 1 aromatic heterocycles. The summed E-state index contributed by atoms with van der Waals surface area (Å²) in [5, 5.41) is 8.95. The van der Waals surface area contributed by atoms with Gasteiger partial charge in [-0.1, -0.05) is 43.1 Å². The lowest BCUT2D eigenvalue weighted by Gasteiger charge is -2.21. The predicted octanol–water partition coefficient (Wildman–Crippen LogP) is 3.37. The minimum absolute atomic E-state index is 0.212. The van der Waals surface area contributed by atoms with Crippen molar-refractivity contribution in [2.75, 3.05) is 6.54 Å². The van der Waals surface area contributed by atoms with Gasteiger partial charge in [-0.25, -0.2) is 4.98 Å². The van der Waals surface area contributed by atoms with Crippen LogP contribution < -0.4 is 5.32 Å². The van der Waals surface area contributed by atoms with Gasteiger partial charge in [0.05, 0.1) is 6.54 Å². The summed E-state index contributed by atoms with van der Waals surface area (Å²) in [5.74, 6) is 0.212. The summed E-state index contributed by atoms with van der Waals surface area (Å²) in [6, 6.07) is 6.04. The Morgan fingerprint density at radius 2 is 2.10 bits per heavy atom. The Labute approximate surface area is 129 Å². The molecule has 0 radical (unpaired) electrons. The van der Waals surface area contributed by atoms with E-state index in [1.807, 2.05) is 16.8 Å². The summed E-state index contributed by atoms with van der Waals surface area (Å²) >= 11 is 12.3. The molecule has 0 fully saturated rings. The third-order valence-electron chi connectivity index (χ3n) is 3.05. The molecule has 1 unspecified atom stereocenters. The molecule has 0 aliphatic rings. The number of nitrogens with one attached hydrogen (secondary N) is 1. The molecule has 2 rings (SSSR count). The zero-order valence-electron chi connectivity index (χ0n) is 11.6. The van der Waals surface area contributed by atoms with Crippen LogP contribution in [-0.2, 0) is 6.54 Å². The second-order valence-corrected chi connectivity index (χ2v) is 5.89. The second kappa shape index (κ2) is 7.07. The highest BCUT2D eigenvalue weighted by atomic mass is 35.5. The van der Waals surface area contributed by atoms with Gasteiger partial charge in [-0.05, 0) is 17.7 Å². The van der Waals surface area contributed by atoms with Gasteiger partial charge in [-0.15, -0.1) is 0 Å². The summed E-state index contributed by atoms with van der Waals surface area (Å²) in [6.07, 6.45) is 3.25. The predicted molar refractivity (Wildman–Crippen MR) is 82.4 cm³/mol. The molecule has 4 nitrogen and oxygen atoms in total. The summed E-state index contributed by atoms with van der Waals surface area (Å²) in [7, 11) is 0. The van der Waals surface area contributed by atoms with Crippen molar-refractivity contribution in [3.05, 3.63) is 46.5 Å². The molecule has 0 bridgehead atoms. The van der Waals surface area contributed by atoms with Crippen LogP contribution in [0.3, 0.4) is 0 Å². The van der Waals surface area contributed by atoms with E-state index < -0.39 is 0 Å². The molecule has 0 spiro atoms. The number of hydrogen-bond donors (Lipinski definition) is 1. The van der Waals surface area contributed by atoms with Gasteiger partial charge < -0.3 is 5.32 Å². The van der Waals surface area contributed by atoms with Crippen LogP contribution in [0.25, 0.3) is 0 Å². The quantitative estimate of drug-likeness (QED) is 0.889. The first kappa shape index (κ1) is 15.3. The standard InChI is InChI=1S/C14H18Cl2N4/c1-10(2)18-6-11(7-20-9-17-8-19-20)13-4-3-12(15)5-14(13)16/h3-5,8-11,18H,6-7H2,1-2H3. The van der Waals surface area contributed by atoms with Crippen LogP contribution in [0.5, 0.6) is 0 Å². The average molecular weight is 313 g/mol. The van der Waals surface area contributed by atoms with E-state index >= 15 is 0 Å². The number of nitrogens with zero attached hydrogens (tertiary/aromatic N) is 3. The van der Waals surface area contributed by atoms with Crippen molar-refractivity contribution in [1.82, 2.24) is 20.1 Å². The molecular weight excluding hydrogens is 295 g/mol. The third-order valence-corrected chi connectivity index (χ3v) is 3.61. The monoisotopic (exact) mass is 312 g/mol. The van der Waals surface area contributed by atoms with Crippen molar-refractivity contribution < 1.29 is 0 Å². The third kappa shape index (κ3) is 4.20. The lowest BCUT2D eigenvalue weighted by Crippen LogP contribution is -2.30. The molecule has 1 atom stereocenters. The van der Waals surface area contributed by atoms with Gasteiger partial charge in [-0.3, -0.25) is 4.68 Å². The molecule has 0 aliphatic heterocycles. The Balaban J connectivity index is 2.20. The van der Waals surface area contributed by atoms with Gasteiger partial charge in [0.25, 0.3) is 0 Å². The van der Waals surface area contributed by atoms with E-state index in [1.165, 1.54) is 6.33 Å². The van der Waals surface area contributed by atoms with E-state index in [1.54, 1.807) is 12.4 Å². The maximum Gasteiger partial charge on any atom is 0.137 e. The Bertz CT molecular complexity index is 540. The van der Waals surface area contributed by atoms with Crippen molar-refractivity contribution in [1.29, 1.82) is 0 Å². The molecule has 1 heterocycles. The number of hydrogen-bond acceptors (Lipinski definition) is 3. The molecule has 0 saturated heterocycles. The topological polar surface area (TPSA) is 42.7 Å². The first-order chi connectivity index (χ1) is 9.56. The minimum atomic E-state index is 0.212. The van der Waals surface area contributed by atoms with Crippen LogP contribution in [0, 0.1) is 0 Å². The van der Waals surface area contributed by atoms with Gasteiger partial charge in [0.15, 0.2) is 0 Å². The lowest BCUT2D eigenvalue weighted by atomic mass is 9.98. The fourth-order valence-corrected chi connectivity index (χ4v) is 2.60. The maximum absolute atomic E-state index is 6.32. The first-order valence-electron chi connectivity index (χ1n) is 6.57. The van der Waals surface area contributed by atoms with E-state index in [2.05, 4.69) is 29.2 Å². The Hall–Kier alpha value is -1.10. The van der Waals surface area contributed by atoms with E-state index in [-0.39, 0.29) is 5.92 Å². The lowest BCUT2D eigenvalue weighted by molar-refractivity contribution is 0.460. The Morgan fingerprint density at radius 1 is 1.30 bits per heavy atom. The summed E-state index contributed by atoms with van der Waals surface area (Å²) < 4.78 is 1.82. The molecular formula is C14H18Cl2N4. The first-order valence-corrected chi connectivity index (χ1v) is 7.32. The maximum atomic E-state index is 6.32. The number of halogens is 2. The van der Waals surface area contributed by atoms with E-state index in [4.69, 9.17) is 23.2 Å². The van der Waals surface area contributed by atoms with Gasteiger partial charge in [-0.2, -0.15) is 5.10 Å². The van der Waals surface area contributed by atoms with Crippen LogP contribution in [0.4, 0.5) is 0 Å². The summed E-state index contributed by atoms with van der Waals surface area (Å²) in [5.41, 5.74) is 1.07. The minimum Gasteiger partial charge on any atom is -0.314 e. The van der Waals surface area contributed by atoms with E-state index in [9.17, 15) is 0 Å². The highest BCUT2D eigenvalue weighted by Gasteiger charge is 2.16. The van der Waals surface area contributed by atoms with Crippen molar-refractivity contribution in [3.63, 3.8) is 0 Å².